The summed E-state index contributed by atoms with van der Waals surface area (Å²) in [6.45, 7) is 27.6. The maximum atomic E-state index is 13.9. The van der Waals surface area contributed by atoms with Gasteiger partial charge in [-0.05, 0) is 30.1 Å². The fourth-order valence-corrected chi connectivity index (χ4v) is 8.62. The number of alkyl carbamates (subject to hydrolysis) is 2. The normalized spacial score (nSPS) is 15.1. The fourth-order valence-electron chi connectivity index (χ4n) is 8.62. The lowest BCUT2D eigenvalue weighted by Gasteiger charge is -2.46. The highest BCUT2D eigenvalue weighted by atomic mass is 16.6. The van der Waals surface area contributed by atoms with E-state index in [1.165, 1.54) is 0 Å². The molecule has 0 aromatic heterocycles. The van der Waals surface area contributed by atoms with Gasteiger partial charge in [0.05, 0.1) is 48.1 Å². The topological polar surface area (TPSA) is 358 Å². The summed E-state index contributed by atoms with van der Waals surface area (Å²) in [6.07, 6.45) is 6.74. The van der Waals surface area contributed by atoms with E-state index in [0.717, 1.165) is 61.6 Å². The minimum atomic E-state index is -1.73. The maximum Gasteiger partial charge on any atom is 0.407 e. The molecule has 2 amide bonds. The van der Waals surface area contributed by atoms with Crippen LogP contribution in [-0.4, -0.2) is 190 Å². The van der Waals surface area contributed by atoms with E-state index in [0.29, 0.717) is 12.8 Å². The van der Waals surface area contributed by atoms with Crippen LogP contribution in [0.1, 0.15) is 47.0 Å². The molecule has 492 valence electrons. The van der Waals surface area contributed by atoms with Crippen LogP contribution in [0, 0.1) is 32.5 Å². The van der Waals surface area contributed by atoms with Crippen LogP contribution in [0.2, 0.25) is 0 Å². The summed E-state index contributed by atoms with van der Waals surface area (Å²) in [7, 11) is 0. The lowest BCUT2D eigenvalue weighted by molar-refractivity contribution is -0.171. The summed E-state index contributed by atoms with van der Waals surface area (Å²) in [5.41, 5.74) is -7.98. The summed E-state index contributed by atoms with van der Waals surface area (Å²) >= 11 is 0. The highest BCUT2D eigenvalue weighted by Gasteiger charge is 2.45. The molecule has 1 aliphatic carbocycles. The molecule has 0 aliphatic heterocycles. The van der Waals surface area contributed by atoms with Crippen LogP contribution in [0.25, 0.3) is 0 Å². The molecule has 0 spiro atoms. The third-order valence-corrected chi connectivity index (χ3v) is 12.8. The van der Waals surface area contributed by atoms with Crippen molar-refractivity contribution in [3.63, 3.8) is 0 Å². The Kier molecular flexibility index (Phi) is 34.0. The minimum Gasteiger partial charge on any atom is -0.465 e. The summed E-state index contributed by atoms with van der Waals surface area (Å²) < 4.78 is 76.8. The minimum absolute atomic E-state index is 0.0655. The lowest BCUT2D eigenvalue weighted by atomic mass is 9.62. The molecule has 1 aliphatic rings. The smallest absolute Gasteiger partial charge is 0.407 e. The maximum absolute atomic E-state index is 13.9. The third kappa shape index (κ3) is 30.8. The standard InChI is InChI=1S/C61H82N2O26/c1-14-45(65)79-32-58(31-78-43(10)64,33-80-46(66)15-2)27-76-30-61(39-86-52(72)21-8,40-87-53(73)22-9)42-89-55(75)63-44-23-56(11,12)25-57(13,24-44)26-62-54(74)88-41-60(37-84-50(70)19-6,38-85-51(71)20-7)29-77-28-59(34-81-47(67)16-3,35-82-48(68)17-4)36-83-49(69)18-5/h14-22,44H,1-9,23-42H2,10-13H3,(H,62,74)(H,63,75). The molecule has 28 nitrogen and oxygen atoms in total. The zero-order valence-electron chi connectivity index (χ0n) is 50.9. The molecular formula is C61H82N2O26. The van der Waals surface area contributed by atoms with E-state index in [4.69, 9.17) is 66.3 Å². The van der Waals surface area contributed by atoms with Crippen LogP contribution in [-0.2, 0) is 114 Å². The van der Waals surface area contributed by atoms with Crippen molar-refractivity contribution < 1.29 is 124 Å². The average Bonchev–Trinajstić information content (AvgIpc) is 3.17. The molecular weight excluding hydrogens is 1180 g/mol. The molecule has 0 aromatic rings. The molecule has 0 heterocycles. The molecule has 0 aromatic carbocycles. The van der Waals surface area contributed by atoms with E-state index in [1.54, 1.807) is 0 Å². The Bertz CT molecular complexity index is 2470. The second-order valence-electron chi connectivity index (χ2n) is 22.0. The molecule has 28 heteroatoms. The zero-order chi connectivity index (χ0) is 67.3. The first-order chi connectivity index (χ1) is 41.9. The second-order valence-corrected chi connectivity index (χ2v) is 22.0. The van der Waals surface area contributed by atoms with E-state index >= 15 is 0 Å². The SMILES string of the molecule is C=CC(=O)OCC(COCC(COC(=O)C=C)(COC(=O)C=C)COC(=O)NC1CC(C)(C)CC(C)(CNC(=O)OCC(COCC(COC(=O)C=C)(COC(=O)C=C)COC(=O)C=C)(COC(=O)C=C)COC(=O)C=C)C1)(COC(C)=O)COC(=O)C=C. The monoisotopic (exact) mass is 1260 g/mol. The van der Waals surface area contributed by atoms with Gasteiger partial charge < -0.3 is 76.9 Å². The quantitative estimate of drug-likeness (QED) is 0.0492. The van der Waals surface area contributed by atoms with E-state index in [-0.39, 0.29) is 13.0 Å². The zero-order valence-corrected chi connectivity index (χ0v) is 50.9. The van der Waals surface area contributed by atoms with Crippen LogP contribution in [0.5, 0.6) is 0 Å². The summed E-state index contributed by atoms with van der Waals surface area (Å²) in [4.78, 5) is 151. The van der Waals surface area contributed by atoms with Gasteiger partial charge in [-0.2, -0.15) is 0 Å². The number of hydrogen-bond acceptors (Lipinski definition) is 26. The molecule has 2 N–H and O–H groups in total. The van der Waals surface area contributed by atoms with Crippen LogP contribution in [0.15, 0.2) is 114 Å². The second kappa shape index (κ2) is 38.9. The van der Waals surface area contributed by atoms with Crippen LogP contribution in [0.4, 0.5) is 9.59 Å². The van der Waals surface area contributed by atoms with Gasteiger partial charge >= 0.3 is 71.9 Å². The van der Waals surface area contributed by atoms with Crippen molar-refractivity contribution in [3.8, 4) is 0 Å². The Morgan fingerprint density at radius 3 is 0.843 bits per heavy atom. The van der Waals surface area contributed by atoms with E-state index in [1.807, 2.05) is 20.8 Å². The number of carbonyl (C=O) groups is 12. The Balaban J connectivity index is 3.60. The van der Waals surface area contributed by atoms with Crippen molar-refractivity contribution >= 4 is 71.9 Å². The molecule has 89 heavy (non-hydrogen) atoms. The van der Waals surface area contributed by atoms with Crippen molar-refractivity contribution in [1.29, 1.82) is 0 Å². The van der Waals surface area contributed by atoms with E-state index in [9.17, 15) is 57.5 Å². The Labute approximate surface area is 516 Å². The predicted molar refractivity (Wildman–Crippen MR) is 312 cm³/mol. The number of rotatable bonds is 44. The number of ether oxygens (including phenoxy) is 14. The Hall–Kier alpha value is -9.18. The highest BCUT2D eigenvalue weighted by Crippen LogP contribution is 2.46. The van der Waals surface area contributed by atoms with Crippen LogP contribution >= 0.6 is 0 Å². The number of carbonyl (C=O) groups excluding carboxylic acids is 12. The summed E-state index contributed by atoms with van der Waals surface area (Å²) in [6, 6.07) is -0.632. The summed E-state index contributed by atoms with van der Waals surface area (Å²) in [5, 5.41) is 5.57. The van der Waals surface area contributed by atoms with E-state index in [2.05, 4.69) is 69.8 Å². The molecule has 1 fully saturated rings. The van der Waals surface area contributed by atoms with Gasteiger partial charge in [-0.15, -0.1) is 0 Å². The van der Waals surface area contributed by atoms with Gasteiger partial charge in [-0.25, -0.2) is 52.7 Å². The average molecular weight is 1260 g/mol. The van der Waals surface area contributed by atoms with Gasteiger partial charge in [-0.1, -0.05) is 80.0 Å². The first-order valence-electron chi connectivity index (χ1n) is 27.2. The number of nitrogens with one attached hydrogen (secondary N) is 2. The molecule has 2 atom stereocenters. The lowest BCUT2D eigenvalue weighted by Crippen LogP contribution is -2.51. The number of amides is 2. The van der Waals surface area contributed by atoms with Crippen molar-refractivity contribution in [1.82, 2.24) is 10.6 Å². The predicted octanol–water partition coefficient (Wildman–Crippen LogP) is 4.13. The van der Waals surface area contributed by atoms with Crippen LogP contribution < -0.4 is 10.6 Å². The number of hydrogen-bond donors (Lipinski definition) is 2. The summed E-state index contributed by atoms with van der Waals surface area (Å²) in [5.74, 6) is -9.01. The van der Waals surface area contributed by atoms with Gasteiger partial charge in [0.2, 0.25) is 0 Å². The van der Waals surface area contributed by atoms with Crippen LogP contribution in [0.3, 0.4) is 0 Å². The molecule has 0 radical (unpaired) electrons. The molecule has 1 saturated carbocycles. The first-order valence-corrected chi connectivity index (χ1v) is 27.2. The van der Waals surface area contributed by atoms with Gasteiger partial charge in [0.1, 0.15) is 79.3 Å². The largest absolute Gasteiger partial charge is 0.465 e. The third-order valence-electron chi connectivity index (χ3n) is 12.8. The first kappa shape index (κ1) is 77.8. The molecule has 2 unspecified atom stereocenters. The molecule has 1 rings (SSSR count). The van der Waals surface area contributed by atoms with Gasteiger partial charge in [0.15, 0.2) is 0 Å². The van der Waals surface area contributed by atoms with Gasteiger partial charge in [-0.3, -0.25) is 4.79 Å². The van der Waals surface area contributed by atoms with Crippen molar-refractivity contribution in [2.24, 2.45) is 32.5 Å². The van der Waals surface area contributed by atoms with Gasteiger partial charge in [0.25, 0.3) is 0 Å². The van der Waals surface area contributed by atoms with Crippen molar-refractivity contribution in [2.45, 2.75) is 53.0 Å². The van der Waals surface area contributed by atoms with Crippen molar-refractivity contribution in [2.75, 3.05) is 112 Å². The number of esters is 10. The highest BCUT2D eigenvalue weighted by molar-refractivity contribution is 5.84. The molecule has 0 bridgehead atoms. The Morgan fingerprint density at radius 2 is 0.596 bits per heavy atom. The van der Waals surface area contributed by atoms with E-state index < -0.39 is 216 Å². The van der Waals surface area contributed by atoms with Crippen molar-refractivity contribution in [3.05, 3.63) is 114 Å². The fraction of sp³-hybridized carbons (Fsp3) is 0.508. The molecule has 0 saturated heterocycles. The van der Waals surface area contributed by atoms with Gasteiger partial charge in [0, 0.05) is 74.2 Å². The Morgan fingerprint density at radius 1 is 0.360 bits per heavy atom.